The second kappa shape index (κ2) is 6.26. The molecule has 0 bridgehead atoms. The summed E-state index contributed by atoms with van der Waals surface area (Å²) in [5, 5.41) is 2.67. The van der Waals surface area contributed by atoms with Crippen LogP contribution in [0.3, 0.4) is 0 Å². The summed E-state index contributed by atoms with van der Waals surface area (Å²) < 4.78 is 13.2. The molecule has 0 aliphatic carbocycles. The Bertz CT molecular complexity index is 982. The SMILES string of the molecule is COCC1=C2Cc3c(C4=N[C@@H](C)CO4)ncn3-c3ccc(Cl)cc3N2NN1. The fraction of sp³-hybridized carbons (Fsp3) is 0.333. The zero-order chi connectivity index (χ0) is 18.5. The molecule has 0 radical (unpaired) electrons. The van der Waals surface area contributed by atoms with Gasteiger partial charge in [-0.1, -0.05) is 11.6 Å². The van der Waals surface area contributed by atoms with Gasteiger partial charge in [0, 0.05) is 18.6 Å². The van der Waals surface area contributed by atoms with Crippen LogP contribution in [0.25, 0.3) is 5.69 Å². The van der Waals surface area contributed by atoms with E-state index in [2.05, 4.69) is 25.5 Å². The molecule has 3 aliphatic heterocycles. The summed E-state index contributed by atoms with van der Waals surface area (Å²) in [7, 11) is 1.68. The quantitative estimate of drug-likeness (QED) is 0.839. The Morgan fingerprint density at radius 3 is 3.04 bits per heavy atom. The van der Waals surface area contributed by atoms with Crippen molar-refractivity contribution in [2.75, 3.05) is 25.3 Å². The lowest BCUT2D eigenvalue weighted by Crippen LogP contribution is -2.38. The number of benzene rings is 1. The highest BCUT2D eigenvalue weighted by Gasteiger charge is 2.33. The molecular formula is C18H19ClN6O2. The van der Waals surface area contributed by atoms with Crippen LogP contribution < -0.4 is 16.0 Å². The number of aliphatic imine (C=N–C) groups is 1. The molecule has 140 valence electrons. The predicted octanol–water partition coefficient (Wildman–Crippen LogP) is 1.93. The summed E-state index contributed by atoms with van der Waals surface area (Å²) in [6.07, 6.45) is 2.45. The maximum absolute atomic E-state index is 6.29. The van der Waals surface area contributed by atoms with E-state index in [9.17, 15) is 0 Å². The van der Waals surface area contributed by atoms with Crippen molar-refractivity contribution in [3.05, 3.63) is 52.3 Å². The number of allylic oxidation sites excluding steroid dienone is 1. The first-order chi connectivity index (χ1) is 13.2. The number of anilines is 1. The van der Waals surface area contributed by atoms with E-state index >= 15 is 0 Å². The number of aromatic nitrogens is 2. The molecule has 0 spiro atoms. The largest absolute Gasteiger partial charge is 0.474 e. The van der Waals surface area contributed by atoms with E-state index in [-0.39, 0.29) is 6.04 Å². The summed E-state index contributed by atoms with van der Waals surface area (Å²) >= 11 is 6.29. The monoisotopic (exact) mass is 386 g/mol. The molecule has 0 saturated carbocycles. The van der Waals surface area contributed by atoms with Gasteiger partial charge in [-0.25, -0.2) is 9.98 Å². The van der Waals surface area contributed by atoms with Crippen LogP contribution in [0, 0.1) is 0 Å². The highest BCUT2D eigenvalue weighted by atomic mass is 35.5. The third-order valence-corrected chi connectivity index (χ3v) is 5.10. The van der Waals surface area contributed by atoms with E-state index in [1.54, 1.807) is 7.11 Å². The summed E-state index contributed by atoms with van der Waals surface area (Å²) in [4.78, 5) is 9.22. The van der Waals surface area contributed by atoms with Gasteiger partial charge in [-0.3, -0.25) is 9.58 Å². The number of nitrogens with one attached hydrogen (secondary N) is 2. The van der Waals surface area contributed by atoms with E-state index < -0.39 is 0 Å². The molecule has 0 amide bonds. The maximum atomic E-state index is 6.29. The lowest BCUT2D eigenvalue weighted by Gasteiger charge is -2.21. The van der Waals surface area contributed by atoms with Gasteiger partial charge in [-0.05, 0) is 25.1 Å². The number of hydrogen-bond acceptors (Lipinski definition) is 7. The first-order valence-corrected chi connectivity index (χ1v) is 9.13. The summed E-state index contributed by atoms with van der Waals surface area (Å²) in [5.74, 6) is 0.605. The molecule has 2 N–H and O–H groups in total. The van der Waals surface area contributed by atoms with Crippen LogP contribution in [0.15, 0.2) is 40.9 Å². The van der Waals surface area contributed by atoms with Crippen LogP contribution in [0.1, 0.15) is 18.3 Å². The third-order valence-electron chi connectivity index (χ3n) is 4.87. The van der Waals surface area contributed by atoms with E-state index in [0.717, 1.165) is 34.2 Å². The van der Waals surface area contributed by atoms with Gasteiger partial charge in [0.25, 0.3) is 0 Å². The van der Waals surface area contributed by atoms with Crippen molar-refractivity contribution in [2.24, 2.45) is 4.99 Å². The second-order valence-corrected chi connectivity index (χ2v) is 7.18. The Hall–Kier alpha value is -2.55. The number of halogens is 1. The molecule has 2 aromatic rings. The lowest BCUT2D eigenvalue weighted by atomic mass is 10.1. The minimum Gasteiger partial charge on any atom is -0.474 e. The highest BCUT2D eigenvalue weighted by molar-refractivity contribution is 6.31. The first kappa shape index (κ1) is 16.6. The maximum Gasteiger partial charge on any atom is 0.237 e. The molecule has 4 heterocycles. The van der Waals surface area contributed by atoms with Crippen molar-refractivity contribution in [1.29, 1.82) is 0 Å². The second-order valence-electron chi connectivity index (χ2n) is 6.74. The van der Waals surface area contributed by atoms with Crippen molar-refractivity contribution < 1.29 is 9.47 Å². The topological polar surface area (TPSA) is 75.9 Å². The number of fused-ring (bicyclic) bond motifs is 5. The molecule has 5 rings (SSSR count). The zero-order valence-electron chi connectivity index (χ0n) is 15.0. The number of hydrogen-bond donors (Lipinski definition) is 2. The van der Waals surface area contributed by atoms with E-state index in [1.165, 1.54) is 0 Å². The van der Waals surface area contributed by atoms with E-state index in [4.69, 9.17) is 21.1 Å². The predicted molar refractivity (Wildman–Crippen MR) is 102 cm³/mol. The van der Waals surface area contributed by atoms with Gasteiger partial charge in [0.15, 0.2) is 0 Å². The minimum absolute atomic E-state index is 0.142. The number of nitrogens with zero attached hydrogens (tertiary/aromatic N) is 4. The molecule has 0 fully saturated rings. The Kier molecular flexibility index (Phi) is 3.85. The Balaban J connectivity index is 1.72. The van der Waals surface area contributed by atoms with Gasteiger partial charge in [-0.2, -0.15) is 0 Å². The number of rotatable bonds is 3. The highest BCUT2D eigenvalue weighted by Crippen LogP contribution is 2.37. The molecule has 1 aromatic carbocycles. The molecule has 27 heavy (non-hydrogen) atoms. The standard InChI is InChI=1S/C18H19ClN6O2/c1-10-7-27-18(21-10)17-16-6-14-12(8-26-2)22-23-25(14)15-5-11(19)3-4-13(15)24(16)9-20-17/h3-5,9-10,22-23H,6-8H2,1-2H3/t10-/m0/s1. The number of imidazole rings is 1. The summed E-state index contributed by atoms with van der Waals surface area (Å²) in [6, 6.07) is 5.95. The Morgan fingerprint density at radius 2 is 2.26 bits per heavy atom. The molecule has 8 nitrogen and oxygen atoms in total. The van der Waals surface area contributed by atoms with Crippen LogP contribution in [-0.2, 0) is 15.9 Å². The van der Waals surface area contributed by atoms with Crippen LogP contribution in [0.4, 0.5) is 5.69 Å². The molecule has 1 atom stereocenters. The van der Waals surface area contributed by atoms with Crippen molar-refractivity contribution in [1.82, 2.24) is 20.5 Å². The van der Waals surface area contributed by atoms with Crippen LogP contribution in [0.2, 0.25) is 5.02 Å². The molecule has 0 unspecified atom stereocenters. The Labute approximate surface area is 161 Å². The molecule has 0 saturated heterocycles. The number of ether oxygens (including phenoxy) is 2. The molecule has 9 heteroatoms. The fourth-order valence-electron chi connectivity index (χ4n) is 3.62. The van der Waals surface area contributed by atoms with Crippen molar-refractivity contribution in [3.63, 3.8) is 0 Å². The summed E-state index contributed by atoms with van der Waals surface area (Å²) in [6.45, 7) is 3.08. The molecular weight excluding hydrogens is 368 g/mol. The van der Waals surface area contributed by atoms with Gasteiger partial charge in [0.05, 0.1) is 41.1 Å². The van der Waals surface area contributed by atoms with Gasteiger partial charge < -0.3 is 14.9 Å². The lowest BCUT2D eigenvalue weighted by molar-refractivity contribution is 0.219. The normalized spacial score (nSPS) is 20.5. The average Bonchev–Trinajstić information content (AvgIpc) is 3.34. The fourth-order valence-corrected chi connectivity index (χ4v) is 3.79. The number of methoxy groups -OCH3 is 1. The van der Waals surface area contributed by atoms with Crippen LogP contribution in [0.5, 0.6) is 0 Å². The number of hydrazine groups is 2. The van der Waals surface area contributed by atoms with Gasteiger partial charge in [0.1, 0.15) is 18.6 Å². The van der Waals surface area contributed by atoms with Crippen LogP contribution >= 0.6 is 11.6 Å². The Morgan fingerprint density at radius 1 is 1.37 bits per heavy atom. The van der Waals surface area contributed by atoms with Crippen molar-refractivity contribution >= 4 is 23.2 Å². The van der Waals surface area contributed by atoms with Gasteiger partial charge in [0.2, 0.25) is 5.90 Å². The average molecular weight is 387 g/mol. The smallest absolute Gasteiger partial charge is 0.237 e. The summed E-state index contributed by atoms with van der Waals surface area (Å²) in [5.41, 5.74) is 12.1. The minimum atomic E-state index is 0.142. The zero-order valence-corrected chi connectivity index (χ0v) is 15.7. The molecule has 3 aliphatic rings. The van der Waals surface area contributed by atoms with E-state index in [1.807, 2.05) is 36.5 Å². The van der Waals surface area contributed by atoms with Crippen LogP contribution in [-0.4, -0.2) is 41.8 Å². The third kappa shape index (κ3) is 2.60. The van der Waals surface area contributed by atoms with E-state index in [0.29, 0.717) is 30.6 Å². The van der Waals surface area contributed by atoms with Crippen molar-refractivity contribution in [2.45, 2.75) is 19.4 Å². The van der Waals surface area contributed by atoms with Gasteiger partial charge in [-0.15, -0.1) is 5.53 Å². The van der Waals surface area contributed by atoms with Crippen molar-refractivity contribution in [3.8, 4) is 5.69 Å². The van der Waals surface area contributed by atoms with Gasteiger partial charge >= 0.3 is 0 Å². The first-order valence-electron chi connectivity index (χ1n) is 8.75. The molecule has 1 aromatic heterocycles.